The molecule has 0 fully saturated rings. The van der Waals surface area contributed by atoms with E-state index in [1.54, 1.807) is 24.1 Å². The van der Waals surface area contributed by atoms with Gasteiger partial charge in [-0.2, -0.15) is 5.10 Å². The molecule has 1 aromatic heterocycles. The lowest BCUT2D eigenvalue weighted by Crippen LogP contribution is -2.31. The molecule has 2 aromatic rings. The molecule has 1 aromatic carbocycles. The van der Waals surface area contributed by atoms with Crippen molar-refractivity contribution < 1.29 is 9.53 Å². The van der Waals surface area contributed by atoms with Gasteiger partial charge < -0.3 is 10.1 Å². The van der Waals surface area contributed by atoms with Crippen LogP contribution >= 0.6 is 0 Å². The molecule has 0 saturated heterocycles. The summed E-state index contributed by atoms with van der Waals surface area (Å²) in [7, 11) is 1.80. The zero-order valence-corrected chi connectivity index (χ0v) is 9.96. The normalized spacial score (nSPS) is 17.1. The van der Waals surface area contributed by atoms with Crippen molar-refractivity contribution in [3.63, 3.8) is 0 Å². The van der Waals surface area contributed by atoms with Crippen LogP contribution in [0.5, 0.6) is 5.75 Å². The Morgan fingerprint density at radius 3 is 3.06 bits per heavy atom. The number of benzene rings is 1. The second-order valence-corrected chi connectivity index (χ2v) is 4.31. The molecule has 0 spiro atoms. The Morgan fingerprint density at radius 2 is 2.33 bits per heavy atom. The third-order valence-electron chi connectivity index (χ3n) is 2.91. The largest absolute Gasteiger partial charge is 0.480 e. The minimum atomic E-state index is -0.456. The Labute approximate surface area is 104 Å². The number of fused-ring (bicyclic) bond motifs is 1. The molecule has 1 N–H and O–H groups in total. The van der Waals surface area contributed by atoms with Crippen molar-refractivity contribution >= 4 is 11.6 Å². The van der Waals surface area contributed by atoms with Gasteiger partial charge in [-0.05, 0) is 11.6 Å². The molecule has 0 bridgehead atoms. The van der Waals surface area contributed by atoms with E-state index in [0.29, 0.717) is 12.1 Å². The van der Waals surface area contributed by atoms with E-state index in [4.69, 9.17) is 4.74 Å². The van der Waals surface area contributed by atoms with E-state index in [9.17, 15) is 4.79 Å². The number of hydrogen-bond donors (Lipinski definition) is 1. The highest BCUT2D eigenvalue weighted by molar-refractivity contribution is 5.94. The molecule has 0 saturated carbocycles. The number of para-hydroxylation sites is 1. The van der Waals surface area contributed by atoms with E-state index in [1.807, 2.05) is 24.3 Å². The van der Waals surface area contributed by atoms with Crippen LogP contribution in [-0.4, -0.2) is 21.8 Å². The monoisotopic (exact) mass is 243 g/mol. The van der Waals surface area contributed by atoms with Crippen LogP contribution in [0.2, 0.25) is 0 Å². The second kappa shape index (κ2) is 4.18. The fourth-order valence-corrected chi connectivity index (χ4v) is 2.04. The maximum Gasteiger partial charge on any atom is 0.265 e. The van der Waals surface area contributed by atoms with Gasteiger partial charge in [0, 0.05) is 19.7 Å². The maximum absolute atomic E-state index is 12.0. The molecule has 1 unspecified atom stereocenters. The number of hydrogen-bond acceptors (Lipinski definition) is 3. The Balaban J connectivity index is 1.69. The molecule has 1 amide bonds. The van der Waals surface area contributed by atoms with Crippen molar-refractivity contribution in [1.82, 2.24) is 9.78 Å². The number of aryl methyl sites for hydroxylation is 1. The van der Waals surface area contributed by atoms with Crippen molar-refractivity contribution in [2.75, 3.05) is 5.32 Å². The standard InChI is InChI=1S/C13H13N3O2/c1-16-8-10(7-14-16)15-13(17)12-6-9-4-2-3-5-11(9)18-12/h2-5,7-8,12H,6H2,1H3,(H,15,17). The van der Waals surface area contributed by atoms with E-state index in [1.165, 1.54) is 0 Å². The number of amides is 1. The van der Waals surface area contributed by atoms with Crippen LogP contribution in [0.25, 0.3) is 0 Å². The fourth-order valence-electron chi connectivity index (χ4n) is 2.04. The molecule has 1 atom stereocenters. The van der Waals surface area contributed by atoms with Crippen LogP contribution in [0, 0.1) is 0 Å². The van der Waals surface area contributed by atoms with Crippen LogP contribution in [0.3, 0.4) is 0 Å². The summed E-state index contributed by atoms with van der Waals surface area (Å²) in [4.78, 5) is 12.0. The average Bonchev–Trinajstić information content (AvgIpc) is 2.95. The van der Waals surface area contributed by atoms with Crippen molar-refractivity contribution in [3.05, 3.63) is 42.2 Å². The summed E-state index contributed by atoms with van der Waals surface area (Å²) < 4.78 is 7.25. The van der Waals surface area contributed by atoms with Gasteiger partial charge in [0.1, 0.15) is 5.75 Å². The molecule has 1 aliphatic rings. The maximum atomic E-state index is 12.0. The first-order valence-electron chi connectivity index (χ1n) is 5.76. The van der Waals surface area contributed by atoms with Gasteiger partial charge in [0.15, 0.2) is 6.10 Å². The number of nitrogens with zero attached hydrogens (tertiary/aromatic N) is 2. The van der Waals surface area contributed by atoms with E-state index in [-0.39, 0.29) is 5.91 Å². The first-order valence-corrected chi connectivity index (χ1v) is 5.76. The summed E-state index contributed by atoms with van der Waals surface area (Å²) in [6, 6.07) is 7.71. The first kappa shape index (κ1) is 10.8. The fraction of sp³-hybridized carbons (Fsp3) is 0.231. The van der Waals surface area contributed by atoms with Gasteiger partial charge in [-0.15, -0.1) is 0 Å². The van der Waals surface area contributed by atoms with Crippen molar-refractivity contribution in [2.45, 2.75) is 12.5 Å². The topological polar surface area (TPSA) is 56.2 Å². The summed E-state index contributed by atoms with van der Waals surface area (Å²) in [6.07, 6.45) is 3.52. The first-order chi connectivity index (χ1) is 8.72. The van der Waals surface area contributed by atoms with Gasteiger partial charge in [0.25, 0.3) is 5.91 Å². The lowest BCUT2D eigenvalue weighted by molar-refractivity contribution is -0.122. The van der Waals surface area contributed by atoms with Crippen molar-refractivity contribution in [2.24, 2.45) is 7.05 Å². The minimum absolute atomic E-state index is 0.140. The van der Waals surface area contributed by atoms with E-state index in [0.717, 1.165) is 11.3 Å². The Hall–Kier alpha value is -2.30. The third kappa shape index (κ3) is 1.95. The van der Waals surface area contributed by atoms with Crippen molar-refractivity contribution in [1.29, 1.82) is 0 Å². The number of ether oxygens (including phenoxy) is 1. The number of carbonyl (C=O) groups excluding carboxylic acids is 1. The summed E-state index contributed by atoms with van der Waals surface area (Å²) in [5, 5.41) is 6.79. The van der Waals surface area contributed by atoms with Gasteiger partial charge >= 0.3 is 0 Å². The molecule has 0 aliphatic carbocycles. The lowest BCUT2D eigenvalue weighted by atomic mass is 10.1. The van der Waals surface area contributed by atoms with Gasteiger partial charge in [0.05, 0.1) is 11.9 Å². The molecular weight excluding hydrogens is 230 g/mol. The molecule has 3 rings (SSSR count). The average molecular weight is 243 g/mol. The van der Waals surface area contributed by atoms with Crippen LogP contribution < -0.4 is 10.1 Å². The molecule has 2 heterocycles. The predicted octanol–water partition coefficient (Wildman–Crippen LogP) is 1.36. The summed E-state index contributed by atoms with van der Waals surface area (Å²) in [5.41, 5.74) is 1.76. The van der Waals surface area contributed by atoms with Crippen molar-refractivity contribution in [3.8, 4) is 5.75 Å². The highest BCUT2D eigenvalue weighted by atomic mass is 16.5. The number of carbonyl (C=O) groups is 1. The van der Waals surface area contributed by atoms with Gasteiger partial charge in [0.2, 0.25) is 0 Å². The highest BCUT2D eigenvalue weighted by Gasteiger charge is 2.28. The second-order valence-electron chi connectivity index (χ2n) is 4.31. The van der Waals surface area contributed by atoms with E-state index >= 15 is 0 Å². The van der Waals surface area contributed by atoms with Gasteiger partial charge in [-0.25, -0.2) is 0 Å². The molecule has 18 heavy (non-hydrogen) atoms. The summed E-state index contributed by atoms with van der Waals surface area (Å²) in [5.74, 6) is 0.656. The SMILES string of the molecule is Cn1cc(NC(=O)C2Cc3ccccc3O2)cn1. The van der Waals surface area contributed by atoms with Crippen LogP contribution in [-0.2, 0) is 18.3 Å². The molecule has 5 nitrogen and oxygen atoms in total. The zero-order valence-electron chi connectivity index (χ0n) is 9.96. The third-order valence-corrected chi connectivity index (χ3v) is 2.91. The Kier molecular flexibility index (Phi) is 2.51. The number of anilines is 1. The van der Waals surface area contributed by atoms with Gasteiger partial charge in [-0.1, -0.05) is 18.2 Å². The number of aromatic nitrogens is 2. The molecule has 0 radical (unpaired) electrons. The zero-order chi connectivity index (χ0) is 12.5. The Morgan fingerprint density at radius 1 is 1.50 bits per heavy atom. The predicted molar refractivity (Wildman–Crippen MR) is 66.4 cm³/mol. The molecule has 92 valence electrons. The van der Waals surface area contributed by atoms with Crippen LogP contribution in [0.1, 0.15) is 5.56 Å². The number of nitrogens with one attached hydrogen (secondary N) is 1. The van der Waals surface area contributed by atoms with E-state index < -0.39 is 6.10 Å². The summed E-state index contributed by atoms with van der Waals surface area (Å²) >= 11 is 0. The van der Waals surface area contributed by atoms with E-state index in [2.05, 4.69) is 10.4 Å². The highest BCUT2D eigenvalue weighted by Crippen LogP contribution is 2.28. The van der Waals surface area contributed by atoms with Crippen LogP contribution in [0.4, 0.5) is 5.69 Å². The Bertz CT molecular complexity index is 566. The number of rotatable bonds is 2. The quantitative estimate of drug-likeness (QED) is 0.866. The minimum Gasteiger partial charge on any atom is -0.480 e. The molecule has 1 aliphatic heterocycles. The van der Waals surface area contributed by atoms with Crippen LogP contribution in [0.15, 0.2) is 36.7 Å². The smallest absolute Gasteiger partial charge is 0.265 e. The summed E-state index contributed by atoms with van der Waals surface area (Å²) in [6.45, 7) is 0. The molecular formula is C13H13N3O2. The molecule has 5 heteroatoms. The lowest BCUT2D eigenvalue weighted by Gasteiger charge is -2.09. The van der Waals surface area contributed by atoms with Gasteiger partial charge in [-0.3, -0.25) is 9.48 Å².